The highest BCUT2D eigenvalue weighted by Gasteiger charge is 2.32. The van der Waals surface area contributed by atoms with Gasteiger partial charge in [0.2, 0.25) is 11.8 Å². The van der Waals surface area contributed by atoms with Gasteiger partial charge in [-0.3, -0.25) is 9.59 Å². The van der Waals surface area contributed by atoms with Gasteiger partial charge in [-0.2, -0.15) is 0 Å². The van der Waals surface area contributed by atoms with E-state index in [1.165, 1.54) is 11.8 Å². The Morgan fingerprint density at radius 1 is 1.23 bits per heavy atom. The highest BCUT2D eigenvalue weighted by molar-refractivity contribution is 8.15. The standard InChI is InChI=1S/C21H21ClN4O3S/c22-14-2-1-3-16(12-14)24-21-25-20(28)18(30-21)13-19(27)23-15-4-6-17(7-5-15)26-8-10-29-11-9-26/h1-7,12,18H,8-11,13H2,(H,23,27)(H,24,25,28)/t18-/m0/s1. The number of hydrogen-bond donors (Lipinski definition) is 2. The number of anilines is 2. The molecule has 2 aliphatic heterocycles. The number of thioether (sulfide) groups is 1. The molecule has 2 aromatic carbocycles. The van der Waals surface area contributed by atoms with Gasteiger partial charge in [0.15, 0.2) is 5.17 Å². The van der Waals surface area contributed by atoms with E-state index in [4.69, 9.17) is 16.3 Å². The third-order valence-corrected chi connectivity index (χ3v) is 6.03. The third-order valence-electron chi connectivity index (χ3n) is 4.71. The Hall–Kier alpha value is -2.55. The summed E-state index contributed by atoms with van der Waals surface area (Å²) in [5.41, 5.74) is 2.45. The number of hydrogen-bond acceptors (Lipinski definition) is 6. The molecule has 2 aromatic rings. The molecule has 0 spiro atoms. The number of nitrogens with zero attached hydrogens (tertiary/aromatic N) is 2. The first-order valence-electron chi connectivity index (χ1n) is 9.61. The zero-order valence-corrected chi connectivity index (χ0v) is 17.7. The second-order valence-electron chi connectivity index (χ2n) is 6.89. The molecule has 156 valence electrons. The number of aliphatic imine (C=N–C) groups is 1. The molecule has 0 bridgehead atoms. The fourth-order valence-electron chi connectivity index (χ4n) is 3.21. The normalized spacial score (nSPS) is 20.3. The van der Waals surface area contributed by atoms with Gasteiger partial charge in [0.05, 0.1) is 18.9 Å². The summed E-state index contributed by atoms with van der Waals surface area (Å²) in [6, 6.07) is 14.8. The number of amides is 2. The summed E-state index contributed by atoms with van der Waals surface area (Å²) in [5.74, 6) is -0.440. The second-order valence-corrected chi connectivity index (χ2v) is 8.52. The van der Waals surface area contributed by atoms with Crippen LogP contribution < -0.4 is 15.5 Å². The van der Waals surface area contributed by atoms with Crippen LogP contribution in [0.2, 0.25) is 5.02 Å². The van der Waals surface area contributed by atoms with Crippen LogP contribution in [0.4, 0.5) is 17.1 Å². The van der Waals surface area contributed by atoms with Crippen LogP contribution in [-0.2, 0) is 14.3 Å². The Bertz CT molecular complexity index is 961. The predicted molar refractivity (Wildman–Crippen MR) is 121 cm³/mol. The molecule has 2 amide bonds. The maximum atomic E-state index is 12.4. The van der Waals surface area contributed by atoms with Crippen molar-refractivity contribution in [3.8, 4) is 0 Å². The number of halogens is 1. The van der Waals surface area contributed by atoms with Crippen molar-refractivity contribution in [3.63, 3.8) is 0 Å². The van der Waals surface area contributed by atoms with Crippen molar-refractivity contribution in [3.05, 3.63) is 53.6 Å². The minimum absolute atomic E-state index is 0.0658. The zero-order chi connectivity index (χ0) is 20.9. The van der Waals surface area contributed by atoms with E-state index in [9.17, 15) is 9.59 Å². The average Bonchev–Trinajstić information content (AvgIpc) is 3.07. The summed E-state index contributed by atoms with van der Waals surface area (Å²) < 4.78 is 5.37. The quantitative estimate of drug-likeness (QED) is 0.738. The third kappa shape index (κ3) is 5.33. The fraction of sp³-hybridized carbons (Fsp3) is 0.286. The number of amidine groups is 1. The minimum atomic E-state index is -0.518. The van der Waals surface area contributed by atoms with Crippen molar-refractivity contribution in [2.75, 3.05) is 36.5 Å². The topological polar surface area (TPSA) is 83.0 Å². The van der Waals surface area contributed by atoms with Gasteiger partial charge in [0.25, 0.3) is 0 Å². The summed E-state index contributed by atoms with van der Waals surface area (Å²) in [4.78, 5) is 31.3. The molecule has 2 N–H and O–H groups in total. The number of morpholine rings is 1. The Labute approximate surface area is 183 Å². The molecule has 0 aliphatic carbocycles. The molecular formula is C21H21ClN4O3S. The fourth-order valence-corrected chi connectivity index (χ4v) is 4.39. The molecular weight excluding hydrogens is 424 g/mol. The van der Waals surface area contributed by atoms with Gasteiger partial charge in [-0.15, -0.1) is 0 Å². The highest BCUT2D eigenvalue weighted by atomic mass is 35.5. The first kappa shape index (κ1) is 20.7. The van der Waals surface area contributed by atoms with Crippen molar-refractivity contribution in [1.82, 2.24) is 5.32 Å². The number of nitrogens with one attached hydrogen (secondary N) is 2. The van der Waals surface area contributed by atoms with Crippen molar-refractivity contribution in [2.45, 2.75) is 11.7 Å². The number of rotatable bonds is 5. The number of benzene rings is 2. The van der Waals surface area contributed by atoms with E-state index in [0.29, 0.717) is 21.6 Å². The number of carbonyl (C=O) groups is 2. The van der Waals surface area contributed by atoms with Crippen LogP contribution in [0.15, 0.2) is 53.5 Å². The van der Waals surface area contributed by atoms with Crippen LogP contribution in [0, 0.1) is 0 Å². The van der Waals surface area contributed by atoms with Crippen LogP contribution in [0.1, 0.15) is 6.42 Å². The molecule has 2 aliphatic rings. The van der Waals surface area contributed by atoms with E-state index >= 15 is 0 Å². The lowest BCUT2D eigenvalue weighted by atomic mass is 10.2. The summed E-state index contributed by atoms with van der Waals surface area (Å²) in [7, 11) is 0. The first-order chi connectivity index (χ1) is 14.6. The van der Waals surface area contributed by atoms with Gasteiger partial charge >= 0.3 is 0 Å². The van der Waals surface area contributed by atoms with Gasteiger partial charge in [0, 0.05) is 35.9 Å². The van der Waals surface area contributed by atoms with Gasteiger partial charge in [-0.1, -0.05) is 29.4 Å². The van der Waals surface area contributed by atoms with Crippen molar-refractivity contribution >= 4 is 57.4 Å². The van der Waals surface area contributed by atoms with E-state index < -0.39 is 5.25 Å². The van der Waals surface area contributed by atoms with Gasteiger partial charge in [0.1, 0.15) is 5.25 Å². The lowest BCUT2D eigenvalue weighted by Gasteiger charge is -2.28. The molecule has 2 heterocycles. The van der Waals surface area contributed by atoms with Gasteiger partial charge < -0.3 is 20.3 Å². The maximum absolute atomic E-state index is 12.4. The summed E-state index contributed by atoms with van der Waals surface area (Å²) in [6.07, 6.45) is 0.0658. The number of carbonyl (C=O) groups excluding carboxylic acids is 2. The van der Waals surface area contributed by atoms with Crippen molar-refractivity contribution < 1.29 is 14.3 Å². The molecule has 0 saturated carbocycles. The van der Waals surface area contributed by atoms with Crippen LogP contribution in [-0.4, -0.2) is 48.5 Å². The first-order valence-corrected chi connectivity index (χ1v) is 10.9. The van der Waals surface area contributed by atoms with E-state index in [1.54, 1.807) is 24.3 Å². The smallest absolute Gasteiger partial charge is 0.240 e. The zero-order valence-electron chi connectivity index (χ0n) is 16.1. The van der Waals surface area contributed by atoms with Crippen molar-refractivity contribution in [1.29, 1.82) is 0 Å². The Morgan fingerprint density at radius 2 is 2.00 bits per heavy atom. The van der Waals surface area contributed by atoms with Crippen LogP contribution in [0.3, 0.4) is 0 Å². The predicted octanol–water partition coefficient (Wildman–Crippen LogP) is 3.42. The van der Waals surface area contributed by atoms with E-state index in [1.807, 2.05) is 24.3 Å². The molecule has 4 rings (SSSR count). The maximum Gasteiger partial charge on any atom is 0.240 e. The average molecular weight is 445 g/mol. The molecule has 2 saturated heterocycles. The van der Waals surface area contributed by atoms with E-state index in [2.05, 4.69) is 20.5 Å². The van der Waals surface area contributed by atoms with Crippen LogP contribution in [0.25, 0.3) is 0 Å². The lowest BCUT2D eigenvalue weighted by molar-refractivity contribution is -0.122. The Kier molecular flexibility index (Phi) is 6.56. The minimum Gasteiger partial charge on any atom is -0.378 e. The largest absolute Gasteiger partial charge is 0.378 e. The van der Waals surface area contributed by atoms with Gasteiger partial charge in [-0.05, 0) is 42.5 Å². The summed E-state index contributed by atoms with van der Waals surface area (Å²) in [5, 5.41) is 6.10. The van der Waals surface area contributed by atoms with E-state index in [0.717, 1.165) is 32.0 Å². The lowest BCUT2D eigenvalue weighted by Crippen LogP contribution is -2.36. The van der Waals surface area contributed by atoms with Gasteiger partial charge in [-0.25, -0.2) is 4.99 Å². The highest BCUT2D eigenvalue weighted by Crippen LogP contribution is 2.27. The molecule has 0 radical (unpaired) electrons. The molecule has 7 nitrogen and oxygen atoms in total. The Morgan fingerprint density at radius 3 is 2.73 bits per heavy atom. The monoisotopic (exact) mass is 444 g/mol. The van der Waals surface area contributed by atoms with Crippen LogP contribution >= 0.6 is 23.4 Å². The van der Waals surface area contributed by atoms with Crippen LogP contribution in [0.5, 0.6) is 0 Å². The molecule has 0 unspecified atom stereocenters. The Balaban J connectivity index is 1.32. The molecule has 30 heavy (non-hydrogen) atoms. The molecule has 2 fully saturated rings. The second kappa shape index (κ2) is 9.51. The summed E-state index contributed by atoms with van der Waals surface area (Å²) >= 11 is 7.21. The number of ether oxygens (including phenoxy) is 1. The molecule has 0 aromatic heterocycles. The molecule has 1 atom stereocenters. The molecule has 9 heteroatoms. The summed E-state index contributed by atoms with van der Waals surface area (Å²) in [6.45, 7) is 3.17. The SMILES string of the molecule is O=C(C[C@@H]1SC(=Nc2cccc(Cl)c2)NC1=O)Nc1ccc(N2CCOCC2)cc1. The van der Waals surface area contributed by atoms with Crippen molar-refractivity contribution in [2.24, 2.45) is 4.99 Å². The van der Waals surface area contributed by atoms with E-state index in [-0.39, 0.29) is 18.2 Å².